The molecule has 0 bridgehead atoms. The third-order valence-electron chi connectivity index (χ3n) is 0.676. The van der Waals surface area contributed by atoms with Crippen LogP contribution in [0.4, 0.5) is 0 Å². The minimum atomic E-state index is 0.517. The molecule has 7 heavy (non-hydrogen) atoms. The predicted octanol–water partition coefficient (Wildman–Crippen LogP) is 0.661. The molecule has 0 saturated carbocycles. The summed E-state index contributed by atoms with van der Waals surface area (Å²) in [6.07, 6.45) is 0. The van der Waals surface area contributed by atoms with Crippen LogP contribution in [0, 0.1) is 7.05 Å². The van der Waals surface area contributed by atoms with Crippen LogP contribution < -0.4 is 0 Å². The minimum Gasteiger partial charge on any atom is -0.315 e. The lowest BCUT2D eigenvalue weighted by Crippen LogP contribution is -2.33. The Balaban J connectivity index is 3.15. The number of quaternary nitrogens is 1. The zero-order valence-electron chi connectivity index (χ0n) is 4.89. The Morgan fingerprint density at radius 3 is 2.00 bits per heavy atom. The Bertz CT molecular complexity index is 46.5. The molecule has 42 valence electrons. The highest BCUT2D eigenvalue weighted by Crippen LogP contribution is 1.91. The fraction of sp³-hybridized carbons (Fsp3) is 0.800. The van der Waals surface area contributed by atoms with E-state index in [1.54, 1.807) is 0 Å². The van der Waals surface area contributed by atoms with Gasteiger partial charge in [0.05, 0.1) is 20.6 Å². The number of hydrogen-bond acceptors (Lipinski definition) is 1. The minimum absolute atomic E-state index is 0.517. The average Bonchev–Trinajstić information content (AvgIpc) is 1.30. The maximum Gasteiger partial charge on any atom is 0.206 e. The van der Waals surface area contributed by atoms with E-state index in [1.165, 1.54) is 0 Å². The van der Waals surface area contributed by atoms with Crippen LogP contribution in [0.3, 0.4) is 0 Å². The Morgan fingerprint density at radius 2 is 2.00 bits per heavy atom. The van der Waals surface area contributed by atoms with E-state index in [9.17, 15) is 0 Å². The fourth-order valence-electron chi connectivity index (χ4n) is 0.258. The normalized spacial score (nSPS) is 12.0. The molecule has 0 aliphatic heterocycles. The molecular weight excluding hydrogens is 106 g/mol. The number of hydrogen-bond donors (Lipinski definition) is 1. The zero-order valence-corrected chi connectivity index (χ0v) is 5.78. The van der Waals surface area contributed by atoms with Gasteiger partial charge in [0.25, 0.3) is 0 Å². The first-order chi connectivity index (χ1) is 3.06. The molecule has 0 aliphatic carbocycles. The van der Waals surface area contributed by atoms with Crippen LogP contribution in [0.5, 0.6) is 0 Å². The van der Waals surface area contributed by atoms with E-state index >= 15 is 0 Å². The molecule has 0 unspecified atom stereocenters. The van der Waals surface area contributed by atoms with Gasteiger partial charge in [-0.3, -0.25) is 0 Å². The third-order valence-corrected chi connectivity index (χ3v) is 0.876. The van der Waals surface area contributed by atoms with Gasteiger partial charge in [-0.1, -0.05) is 0 Å². The van der Waals surface area contributed by atoms with Crippen molar-refractivity contribution >= 4 is 12.6 Å². The fourth-order valence-corrected chi connectivity index (χ4v) is 0.773. The largest absolute Gasteiger partial charge is 0.315 e. The van der Waals surface area contributed by atoms with Gasteiger partial charge in [0.1, 0.15) is 0 Å². The van der Waals surface area contributed by atoms with Crippen molar-refractivity contribution in [1.29, 1.82) is 0 Å². The average molecular weight is 118 g/mol. The SMILES string of the molecule is [CH][N+](C)(C)CCS. The van der Waals surface area contributed by atoms with Crippen LogP contribution in [-0.2, 0) is 0 Å². The summed E-state index contributed by atoms with van der Waals surface area (Å²) in [6, 6.07) is 0. The quantitative estimate of drug-likeness (QED) is 0.400. The number of rotatable bonds is 2. The smallest absolute Gasteiger partial charge is 0.206 e. The molecule has 0 aliphatic rings. The van der Waals surface area contributed by atoms with Crippen molar-refractivity contribution in [3.63, 3.8) is 0 Å². The van der Waals surface area contributed by atoms with E-state index in [4.69, 9.17) is 7.05 Å². The van der Waals surface area contributed by atoms with E-state index < -0.39 is 0 Å². The van der Waals surface area contributed by atoms with Crippen molar-refractivity contribution in [2.75, 3.05) is 26.4 Å². The highest BCUT2D eigenvalue weighted by Gasteiger charge is 2.03. The molecule has 1 nitrogen and oxygen atoms in total. The van der Waals surface area contributed by atoms with Gasteiger partial charge in [0.2, 0.25) is 7.05 Å². The van der Waals surface area contributed by atoms with Gasteiger partial charge in [-0.25, -0.2) is 0 Å². The van der Waals surface area contributed by atoms with Crippen LogP contribution in [0.25, 0.3) is 0 Å². The van der Waals surface area contributed by atoms with Crippen molar-refractivity contribution in [2.45, 2.75) is 0 Å². The van der Waals surface area contributed by atoms with Crippen molar-refractivity contribution in [1.82, 2.24) is 0 Å². The summed E-state index contributed by atoms with van der Waals surface area (Å²) in [5.74, 6) is 0.851. The molecule has 0 atom stereocenters. The van der Waals surface area contributed by atoms with Crippen LogP contribution in [0.1, 0.15) is 0 Å². The topological polar surface area (TPSA) is 0 Å². The second kappa shape index (κ2) is 2.58. The molecule has 0 saturated heterocycles. The number of nitrogens with zero attached hydrogens (tertiary/aromatic N) is 1. The summed E-state index contributed by atoms with van der Waals surface area (Å²) < 4.78 is 0.517. The maximum absolute atomic E-state index is 5.53. The summed E-state index contributed by atoms with van der Waals surface area (Å²) >= 11 is 4.02. The number of thiol groups is 1. The van der Waals surface area contributed by atoms with Crippen molar-refractivity contribution in [3.05, 3.63) is 7.05 Å². The first-order valence-electron chi connectivity index (χ1n) is 2.29. The summed E-state index contributed by atoms with van der Waals surface area (Å²) in [4.78, 5) is 0. The molecule has 0 aromatic heterocycles. The molecule has 0 aromatic rings. The van der Waals surface area contributed by atoms with Crippen LogP contribution in [-0.4, -0.2) is 30.9 Å². The highest BCUT2D eigenvalue weighted by molar-refractivity contribution is 7.80. The molecule has 0 rings (SSSR count). The lowest BCUT2D eigenvalue weighted by molar-refractivity contribution is -0.842. The predicted molar refractivity (Wildman–Crippen MR) is 35.1 cm³/mol. The van der Waals surface area contributed by atoms with Gasteiger partial charge in [-0.2, -0.15) is 12.6 Å². The van der Waals surface area contributed by atoms with E-state index in [-0.39, 0.29) is 0 Å². The van der Waals surface area contributed by atoms with E-state index in [2.05, 4.69) is 12.6 Å². The van der Waals surface area contributed by atoms with Gasteiger partial charge in [-0.15, -0.1) is 0 Å². The van der Waals surface area contributed by atoms with Crippen molar-refractivity contribution in [3.8, 4) is 0 Å². The molecule has 0 spiro atoms. The van der Waals surface area contributed by atoms with Gasteiger partial charge in [0.15, 0.2) is 0 Å². The molecule has 2 radical (unpaired) electrons. The van der Waals surface area contributed by atoms with Crippen molar-refractivity contribution in [2.24, 2.45) is 0 Å². The molecule has 0 fully saturated rings. The Labute approximate surface area is 51.3 Å². The summed E-state index contributed by atoms with van der Waals surface area (Å²) in [5.41, 5.74) is 0. The van der Waals surface area contributed by atoms with Crippen LogP contribution in [0.15, 0.2) is 0 Å². The standard InChI is InChI=1S/C5H12NS/c1-6(2,3)4-5-7/h1,7H,4-5H2,2-3H3/q+1. The zero-order chi connectivity index (χ0) is 5.91. The van der Waals surface area contributed by atoms with E-state index in [0.717, 1.165) is 12.3 Å². The second-order valence-corrected chi connectivity index (χ2v) is 2.67. The highest BCUT2D eigenvalue weighted by atomic mass is 32.1. The first kappa shape index (κ1) is 7.31. The van der Waals surface area contributed by atoms with Gasteiger partial charge in [0, 0.05) is 5.75 Å². The summed E-state index contributed by atoms with van der Waals surface area (Å²) in [7, 11) is 9.42. The van der Waals surface area contributed by atoms with E-state index in [1.807, 2.05) is 14.1 Å². The van der Waals surface area contributed by atoms with Crippen LogP contribution in [0.2, 0.25) is 0 Å². The molecule has 0 N–H and O–H groups in total. The molecular formula is C5H12NS+. The Morgan fingerprint density at radius 1 is 1.57 bits per heavy atom. The monoisotopic (exact) mass is 118 g/mol. The Hall–Kier alpha value is 0.310. The maximum atomic E-state index is 5.53. The second-order valence-electron chi connectivity index (χ2n) is 2.23. The first-order valence-corrected chi connectivity index (χ1v) is 2.92. The van der Waals surface area contributed by atoms with Gasteiger partial charge < -0.3 is 4.48 Å². The molecule has 0 aromatic carbocycles. The van der Waals surface area contributed by atoms with Crippen molar-refractivity contribution < 1.29 is 4.48 Å². The lowest BCUT2D eigenvalue weighted by atomic mass is 10.6. The summed E-state index contributed by atoms with van der Waals surface area (Å²) in [5, 5.41) is 0. The van der Waals surface area contributed by atoms with Gasteiger partial charge >= 0.3 is 0 Å². The lowest BCUT2D eigenvalue weighted by Gasteiger charge is -2.20. The third kappa shape index (κ3) is 6.31. The van der Waals surface area contributed by atoms with Crippen LogP contribution >= 0.6 is 12.6 Å². The molecule has 2 heteroatoms. The molecule has 0 amide bonds. The van der Waals surface area contributed by atoms with Gasteiger partial charge in [-0.05, 0) is 0 Å². The molecule has 0 heterocycles. The summed E-state index contributed by atoms with van der Waals surface area (Å²) in [6.45, 7) is 0.920. The Kier molecular flexibility index (Phi) is 2.69. The van der Waals surface area contributed by atoms with E-state index in [0.29, 0.717) is 4.48 Å².